The highest BCUT2D eigenvalue weighted by Crippen LogP contribution is 2.40. The predicted octanol–water partition coefficient (Wildman–Crippen LogP) is 3.29. The van der Waals surface area contributed by atoms with Crippen LogP contribution in [0.3, 0.4) is 0 Å². The number of nitrogens with zero attached hydrogens (tertiary/aromatic N) is 4. The van der Waals surface area contributed by atoms with Crippen molar-refractivity contribution in [1.82, 2.24) is 15.0 Å². The maximum Gasteiger partial charge on any atom is 0.229 e. The normalized spacial score (nSPS) is 21.5. The molecule has 5 nitrogen and oxygen atoms in total. The van der Waals surface area contributed by atoms with Crippen molar-refractivity contribution in [3.63, 3.8) is 0 Å². The maximum absolute atomic E-state index is 13.3. The van der Waals surface area contributed by atoms with Gasteiger partial charge >= 0.3 is 0 Å². The van der Waals surface area contributed by atoms with Crippen LogP contribution in [-0.4, -0.2) is 21.6 Å². The SMILES string of the molecule is N#Cc1cc(F)ccc1CN1CCC[C@H]1c1noc(C2CC2)n1. The van der Waals surface area contributed by atoms with Crippen molar-refractivity contribution in [2.45, 2.75) is 44.2 Å². The van der Waals surface area contributed by atoms with E-state index >= 15 is 0 Å². The number of rotatable bonds is 4. The molecule has 0 radical (unpaired) electrons. The quantitative estimate of drug-likeness (QED) is 0.866. The second kappa shape index (κ2) is 5.74. The van der Waals surface area contributed by atoms with Gasteiger partial charge in [0.25, 0.3) is 0 Å². The fourth-order valence-corrected chi connectivity index (χ4v) is 3.20. The molecule has 1 aromatic heterocycles. The summed E-state index contributed by atoms with van der Waals surface area (Å²) in [5.41, 5.74) is 1.23. The lowest BCUT2D eigenvalue weighted by molar-refractivity contribution is 0.234. The Bertz CT molecular complexity index is 762. The molecule has 0 bridgehead atoms. The van der Waals surface area contributed by atoms with Gasteiger partial charge in [-0.1, -0.05) is 11.2 Å². The molecule has 4 rings (SSSR count). The number of nitriles is 1. The molecule has 1 aliphatic carbocycles. The van der Waals surface area contributed by atoms with Crippen molar-refractivity contribution in [3.05, 3.63) is 46.9 Å². The average molecular weight is 312 g/mol. The van der Waals surface area contributed by atoms with Crippen LogP contribution in [0.15, 0.2) is 22.7 Å². The Hall–Kier alpha value is -2.26. The first-order chi connectivity index (χ1) is 11.2. The van der Waals surface area contributed by atoms with E-state index in [1.54, 1.807) is 6.07 Å². The Balaban J connectivity index is 1.54. The van der Waals surface area contributed by atoms with Crippen LogP contribution < -0.4 is 0 Å². The van der Waals surface area contributed by atoms with E-state index in [1.807, 2.05) is 0 Å². The number of benzene rings is 1. The van der Waals surface area contributed by atoms with Crippen LogP contribution in [0, 0.1) is 17.1 Å². The molecule has 1 saturated heterocycles. The van der Waals surface area contributed by atoms with Gasteiger partial charge in [-0.05, 0) is 49.9 Å². The van der Waals surface area contributed by atoms with Crippen LogP contribution in [0.5, 0.6) is 0 Å². The van der Waals surface area contributed by atoms with Crippen LogP contribution >= 0.6 is 0 Å². The minimum absolute atomic E-state index is 0.114. The number of aromatic nitrogens is 2. The van der Waals surface area contributed by atoms with E-state index in [4.69, 9.17) is 4.52 Å². The predicted molar refractivity (Wildman–Crippen MR) is 79.8 cm³/mol. The summed E-state index contributed by atoms with van der Waals surface area (Å²) < 4.78 is 18.6. The highest BCUT2D eigenvalue weighted by molar-refractivity contribution is 5.38. The molecule has 0 spiro atoms. The summed E-state index contributed by atoms with van der Waals surface area (Å²) in [5.74, 6) is 1.57. The van der Waals surface area contributed by atoms with E-state index in [9.17, 15) is 9.65 Å². The summed E-state index contributed by atoms with van der Waals surface area (Å²) >= 11 is 0. The van der Waals surface area contributed by atoms with Crippen molar-refractivity contribution in [3.8, 4) is 6.07 Å². The average Bonchev–Trinajstić information content (AvgIpc) is 3.11. The summed E-state index contributed by atoms with van der Waals surface area (Å²) in [7, 11) is 0. The third-order valence-corrected chi connectivity index (χ3v) is 4.61. The molecule has 2 aromatic rings. The molecule has 0 amide bonds. The fraction of sp³-hybridized carbons (Fsp3) is 0.471. The van der Waals surface area contributed by atoms with Crippen molar-refractivity contribution in [1.29, 1.82) is 5.26 Å². The first-order valence-electron chi connectivity index (χ1n) is 8.00. The molecule has 1 aromatic carbocycles. The van der Waals surface area contributed by atoms with Crippen LogP contribution in [0.2, 0.25) is 0 Å². The van der Waals surface area contributed by atoms with Crippen LogP contribution in [0.4, 0.5) is 4.39 Å². The molecular formula is C17H17FN4O. The smallest absolute Gasteiger partial charge is 0.229 e. The Labute approximate surface area is 133 Å². The van der Waals surface area contributed by atoms with Gasteiger partial charge in [0, 0.05) is 12.5 Å². The Kier molecular flexibility index (Phi) is 3.58. The zero-order valence-electron chi connectivity index (χ0n) is 12.7. The van der Waals surface area contributed by atoms with Crippen molar-refractivity contribution >= 4 is 0 Å². The summed E-state index contributed by atoms with van der Waals surface area (Å²) in [5, 5.41) is 13.4. The van der Waals surface area contributed by atoms with Gasteiger partial charge in [0.15, 0.2) is 5.82 Å². The van der Waals surface area contributed by atoms with Crippen LogP contribution in [0.25, 0.3) is 0 Å². The van der Waals surface area contributed by atoms with Crippen LogP contribution in [0.1, 0.15) is 60.5 Å². The number of halogens is 1. The zero-order valence-corrected chi connectivity index (χ0v) is 12.7. The van der Waals surface area contributed by atoms with Crippen LogP contribution in [-0.2, 0) is 6.54 Å². The topological polar surface area (TPSA) is 66.0 Å². The monoisotopic (exact) mass is 312 g/mol. The molecule has 6 heteroatoms. The third-order valence-electron chi connectivity index (χ3n) is 4.61. The van der Waals surface area contributed by atoms with Gasteiger partial charge < -0.3 is 4.52 Å². The standard InChI is InChI=1S/C17H17FN4O/c18-14-6-5-12(13(8-14)9-19)10-22-7-1-2-15(22)16-20-17(23-21-16)11-3-4-11/h5-6,8,11,15H,1-4,7,10H2/t15-/m0/s1. The summed E-state index contributed by atoms with van der Waals surface area (Å²) in [6.07, 6.45) is 4.31. The van der Waals surface area contributed by atoms with Gasteiger partial charge in [-0.2, -0.15) is 10.2 Å². The molecule has 0 unspecified atom stereocenters. The molecule has 1 aliphatic heterocycles. The van der Waals surface area contributed by atoms with Crippen molar-refractivity contribution in [2.75, 3.05) is 6.54 Å². The Morgan fingerprint density at radius 1 is 1.35 bits per heavy atom. The highest BCUT2D eigenvalue weighted by Gasteiger charge is 2.34. The molecule has 1 saturated carbocycles. The number of hydrogen-bond acceptors (Lipinski definition) is 5. The molecule has 0 N–H and O–H groups in total. The molecule has 2 heterocycles. The van der Waals surface area contributed by atoms with E-state index in [0.29, 0.717) is 18.0 Å². The lowest BCUT2D eigenvalue weighted by Gasteiger charge is -2.22. The Morgan fingerprint density at radius 2 is 2.22 bits per heavy atom. The fourth-order valence-electron chi connectivity index (χ4n) is 3.20. The molecule has 23 heavy (non-hydrogen) atoms. The zero-order chi connectivity index (χ0) is 15.8. The third kappa shape index (κ3) is 2.84. The van der Waals surface area contributed by atoms with E-state index in [0.717, 1.165) is 49.5 Å². The van der Waals surface area contributed by atoms with Gasteiger partial charge in [-0.3, -0.25) is 4.90 Å². The molecule has 2 aliphatic rings. The van der Waals surface area contributed by atoms with E-state index in [-0.39, 0.29) is 11.9 Å². The lowest BCUT2D eigenvalue weighted by atomic mass is 10.1. The minimum atomic E-state index is -0.379. The second-order valence-corrected chi connectivity index (χ2v) is 6.31. The van der Waals surface area contributed by atoms with Gasteiger partial charge in [0.2, 0.25) is 5.89 Å². The molecule has 1 atom stereocenters. The van der Waals surface area contributed by atoms with Crippen molar-refractivity contribution in [2.24, 2.45) is 0 Å². The molecule has 2 fully saturated rings. The van der Waals surface area contributed by atoms with E-state index in [1.165, 1.54) is 12.1 Å². The second-order valence-electron chi connectivity index (χ2n) is 6.31. The number of hydrogen-bond donors (Lipinski definition) is 0. The summed E-state index contributed by atoms with van der Waals surface area (Å²) in [6, 6.07) is 6.57. The van der Waals surface area contributed by atoms with Gasteiger partial charge in [0.1, 0.15) is 5.82 Å². The molecule has 118 valence electrons. The number of likely N-dealkylation sites (tertiary alicyclic amines) is 1. The molecular weight excluding hydrogens is 295 g/mol. The first kappa shape index (κ1) is 14.3. The summed E-state index contributed by atoms with van der Waals surface area (Å²) in [6.45, 7) is 1.52. The minimum Gasteiger partial charge on any atom is -0.339 e. The summed E-state index contributed by atoms with van der Waals surface area (Å²) in [4.78, 5) is 6.80. The maximum atomic E-state index is 13.3. The lowest BCUT2D eigenvalue weighted by Crippen LogP contribution is -2.24. The Morgan fingerprint density at radius 3 is 3.00 bits per heavy atom. The van der Waals surface area contributed by atoms with E-state index < -0.39 is 0 Å². The van der Waals surface area contributed by atoms with Gasteiger partial charge in [0.05, 0.1) is 17.7 Å². The van der Waals surface area contributed by atoms with Crippen molar-refractivity contribution < 1.29 is 8.91 Å². The highest BCUT2D eigenvalue weighted by atomic mass is 19.1. The van der Waals surface area contributed by atoms with Gasteiger partial charge in [-0.25, -0.2) is 4.39 Å². The van der Waals surface area contributed by atoms with Gasteiger partial charge in [-0.15, -0.1) is 0 Å². The van der Waals surface area contributed by atoms with E-state index in [2.05, 4.69) is 21.1 Å². The largest absolute Gasteiger partial charge is 0.339 e. The first-order valence-corrected chi connectivity index (χ1v) is 8.00.